The van der Waals surface area contributed by atoms with Crippen molar-refractivity contribution in [3.8, 4) is 0 Å². The van der Waals surface area contributed by atoms with Crippen LogP contribution in [0.5, 0.6) is 0 Å². The number of carbonyl (C=O) groups is 4. The topological polar surface area (TPSA) is 142 Å². The first-order valence-corrected chi connectivity index (χ1v) is 20.9. The molecule has 52 heavy (non-hydrogen) atoms. The molecule has 0 rings (SSSR count). The van der Waals surface area contributed by atoms with E-state index < -0.39 is 24.5 Å². The van der Waals surface area contributed by atoms with E-state index in [0.29, 0.717) is 12.8 Å². The van der Waals surface area contributed by atoms with Crippen molar-refractivity contribution in [3.05, 3.63) is 36.5 Å². The zero-order chi connectivity index (χ0) is 38.3. The lowest BCUT2D eigenvalue weighted by Crippen LogP contribution is -2.47. The summed E-state index contributed by atoms with van der Waals surface area (Å²) in [6, 6.07) is -1.39. The SMILES string of the molecule is CCCCCC/C=C\C/C=C\C(CCCCCCC(=O)NCC(=O)NC(CO)C(=O)O)OC(=O)CCCCCCC/C=C\CCCCCCCCC. The fraction of sp³-hybridized carbons (Fsp3) is 0.767. The molecule has 0 saturated heterocycles. The summed E-state index contributed by atoms with van der Waals surface area (Å²) >= 11 is 0. The number of carboxylic acid groups (broad SMARTS) is 1. The Kier molecular flexibility index (Phi) is 35.7. The quantitative estimate of drug-likeness (QED) is 0.0283. The maximum Gasteiger partial charge on any atom is 0.328 e. The Morgan fingerprint density at radius 3 is 1.67 bits per heavy atom. The molecule has 0 spiro atoms. The Bertz CT molecular complexity index is 979. The van der Waals surface area contributed by atoms with Gasteiger partial charge in [-0.05, 0) is 76.7 Å². The second kappa shape index (κ2) is 37.8. The Labute approximate surface area is 316 Å². The summed E-state index contributed by atoms with van der Waals surface area (Å²) in [5.41, 5.74) is 0. The standard InChI is InChI=1S/C43H76N2O7/c1-3-5-7-9-11-13-14-15-16-17-18-19-21-23-25-31-35-42(49)52-38(32-28-24-22-20-12-10-8-6-4-2)33-29-26-27-30-34-40(47)44-36-41(48)45-39(37-46)43(50)51/h16-17,20,22,28,32,38-39,46H,3-15,18-19,21,23-27,29-31,33-37H2,1-2H3,(H,44,47)(H,45,48)(H,50,51)/b17-16-,22-20-,32-28-. The van der Waals surface area contributed by atoms with Gasteiger partial charge in [-0.1, -0.05) is 134 Å². The number of allylic oxidation sites excluding steroid dienone is 5. The molecule has 0 aromatic carbocycles. The number of rotatable bonds is 37. The molecule has 0 fully saturated rings. The van der Waals surface area contributed by atoms with Crippen molar-refractivity contribution >= 4 is 23.8 Å². The number of amides is 2. The predicted molar refractivity (Wildman–Crippen MR) is 213 cm³/mol. The largest absolute Gasteiger partial charge is 0.480 e. The number of aliphatic hydroxyl groups excluding tert-OH is 1. The van der Waals surface area contributed by atoms with Crippen molar-refractivity contribution in [2.75, 3.05) is 13.2 Å². The molecule has 2 atom stereocenters. The molecule has 9 nitrogen and oxygen atoms in total. The van der Waals surface area contributed by atoms with Crippen LogP contribution in [0.2, 0.25) is 0 Å². The van der Waals surface area contributed by atoms with Gasteiger partial charge in [0.15, 0.2) is 0 Å². The van der Waals surface area contributed by atoms with Crippen LogP contribution in [-0.4, -0.2) is 59.3 Å². The van der Waals surface area contributed by atoms with E-state index in [1.165, 1.54) is 89.9 Å². The molecule has 0 bridgehead atoms. The molecule has 0 aliphatic carbocycles. The predicted octanol–water partition coefficient (Wildman–Crippen LogP) is 9.82. The van der Waals surface area contributed by atoms with E-state index in [4.69, 9.17) is 14.9 Å². The smallest absolute Gasteiger partial charge is 0.328 e. The summed E-state index contributed by atoms with van der Waals surface area (Å²) in [6.45, 7) is 3.42. The first kappa shape index (κ1) is 49.1. The van der Waals surface area contributed by atoms with Gasteiger partial charge < -0.3 is 25.6 Å². The van der Waals surface area contributed by atoms with Crippen molar-refractivity contribution in [3.63, 3.8) is 0 Å². The number of hydrogen-bond donors (Lipinski definition) is 4. The summed E-state index contributed by atoms with van der Waals surface area (Å²) < 4.78 is 5.88. The normalized spacial score (nSPS) is 12.8. The average Bonchev–Trinajstić information content (AvgIpc) is 3.13. The van der Waals surface area contributed by atoms with E-state index in [1.807, 2.05) is 6.08 Å². The third-order valence-corrected chi connectivity index (χ3v) is 9.09. The van der Waals surface area contributed by atoms with E-state index in [9.17, 15) is 19.2 Å². The van der Waals surface area contributed by atoms with Gasteiger partial charge in [0.1, 0.15) is 12.1 Å². The van der Waals surface area contributed by atoms with E-state index >= 15 is 0 Å². The van der Waals surface area contributed by atoms with Gasteiger partial charge in [0.05, 0.1) is 13.2 Å². The zero-order valence-electron chi connectivity index (χ0n) is 33.1. The summed E-state index contributed by atoms with van der Waals surface area (Å²) in [6.07, 6.45) is 41.9. The molecule has 0 aromatic heterocycles. The van der Waals surface area contributed by atoms with Gasteiger partial charge in [0.25, 0.3) is 0 Å². The lowest BCUT2D eigenvalue weighted by Gasteiger charge is -2.15. The van der Waals surface area contributed by atoms with Crippen molar-refractivity contribution in [1.82, 2.24) is 10.6 Å². The molecule has 0 radical (unpaired) electrons. The summed E-state index contributed by atoms with van der Waals surface area (Å²) in [7, 11) is 0. The maximum absolute atomic E-state index is 12.7. The number of ether oxygens (including phenoxy) is 1. The highest BCUT2D eigenvalue weighted by Gasteiger charge is 2.18. The van der Waals surface area contributed by atoms with Crippen LogP contribution in [0.25, 0.3) is 0 Å². The number of nitrogens with one attached hydrogen (secondary N) is 2. The Morgan fingerprint density at radius 1 is 0.596 bits per heavy atom. The van der Waals surface area contributed by atoms with Crippen molar-refractivity contribution in [2.45, 2.75) is 199 Å². The molecule has 2 unspecified atom stereocenters. The van der Waals surface area contributed by atoms with Crippen LogP contribution >= 0.6 is 0 Å². The van der Waals surface area contributed by atoms with Gasteiger partial charge in [-0.2, -0.15) is 0 Å². The highest BCUT2D eigenvalue weighted by atomic mass is 16.5. The van der Waals surface area contributed by atoms with Gasteiger partial charge in [-0.15, -0.1) is 0 Å². The minimum atomic E-state index is -1.39. The van der Waals surface area contributed by atoms with E-state index in [1.54, 1.807) is 0 Å². The number of aliphatic carboxylic acids is 1. The number of carboxylic acids is 1. The molecule has 0 aliphatic heterocycles. The van der Waals surface area contributed by atoms with Gasteiger partial charge >= 0.3 is 11.9 Å². The van der Waals surface area contributed by atoms with E-state index in [2.05, 4.69) is 54.9 Å². The molecule has 300 valence electrons. The second-order valence-electron chi connectivity index (χ2n) is 14.1. The van der Waals surface area contributed by atoms with Crippen LogP contribution in [0.15, 0.2) is 36.5 Å². The van der Waals surface area contributed by atoms with E-state index in [-0.39, 0.29) is 30.9 Å². The molecule has 0 heterocycles. The van der Waals surface area contributed by atoms with Crippen molar-refractivity contribution < 1.29 is 34.1 Å². The lowest BCUT2D eigenvalue weighted by atomic mass is 10.1. The molecule has 9 heteroatoms. The van der Waals surface area contributed by atoms with Gasteiger partial charge in [0, 0.05) is 12.8 Å². The fourth-order valence-electron chi connectivity index (χ4n) is 5.83. The van der Waals surface area contributed by atoms with Gasteiger partial charge in [-0.3, -0.25) is 14.4 Å². The molecular formula is C43H76N2O7. The van der Waals surface area contributed by atoms with Crippen molar-refractivity contribution in [1.29, 1.82) is 0 Å². The third-order valence-electron chi connectivity index (χ3n) is 9.09. The first-order valence-electron chi connectivity index (χ1n) is 20.9. The minimum absolute atomic E-state index is 0.135. The summed E-state index contributed by atoms with van der Waals surface area (Å²) in [5.74, 6) is -2.43. The third kappa shape index (κ3) is 34.2. The van der Waals surface area contributed by atoms with Gasteiger partial charge in [0.2, 0.25) is 11.8 Å². The summed E-state index contributed by atoms with van der Waals surface area (Å²) in [5, 5.41) is 22.5. The lowest BCUT2D eigenvalue weighted by molar-refractivity contribution is -0.147. The Morgan fingerprint density at radius 2 is 1.10 bits per heavy atom. The second-order valence-corrected chi connectivity index (χ2v) is 14.1. The van der Waals surface area contributed by atoms with Crippen LogP contribution in [0, 0.1) is 0 Å². The van der Waals surface area contributed by atoms with Crippen molar-refractivity contribution in [2.24, 2.45) is 0 Å². The maximum atomic E-state index is 12.7. The molecular weight excluding hydrogens is 656 g/mol. The molecule has 0 aliphatic rings. The monoisotopic (exact) mass is 733 g/mol. The number of aliphatic hydroxyl groups is 1. The van der Waals surface area contributed by atoms with Crippen LogP contribution in [0.3, 0.4) is 0 Å². The van der Waals surface area contributed by atoms with Crippen LogP contribution < -0.4 is 10.6 Å². The fourth-order valence-corrected chi connectivity index (χ4v) is 5.83. The zero-order valence-corrected chi connectivity index (χ0v) is 33.1. The number of carbonyl (C=O) groups excluding carboxylic acids is 3. The molecule has 4 N–H and O–H groups in total. The molecule has 2 amide bonds. The minimum Gasteiger partial charge on any atom is -0.480 e. The number of esters is 1. The number of unbranched alkanes of at least 4 members (excludes halogenated alkanes) is 19. The average molecular weight is 733 g/mol. The summed E-state index contributed by atoms with van der Waals surface area (Å²) in [4.78, 5) is 47.5. The van der Waals surface area contributed by atoms with Crippen LogP contribution in [0.4, 0.5) is 0 Å². The Balaban J connectivity index is 4.34. The highest BCUT2D eigenvalue weighted by Crippen LogP contribution is 2.15. The van der Waals surface area contributed by atoms with Crippen LogP contribution in [-0.2, 0) is 23.9 Å². The van der Waals surface area contributed by atoms with Crippen LogP contribution in [0.1, 0.15) is 187 Å². The Hall–Kier alpha value is -2.94. The first-order chi connectivity index (χ1) is 25.3. The van der Waals surface area contributed by atoms with E-state index in [0.717, 1.165) is 64.2 Å². The number of hydrogen-bond acceptors (Lipinski definition) is 6. The van der Waals surface area contributed by atoms with Gasteiger partial charge in [-0.25, -0.2) is 4.79 Å². The highest BCUT2D eigenvalue weighted by molar-refractivity contribution is 5.87. The molecule has 0 saturated carbocycles. The molecule has 0 aromatic rings.